The Morgan fingerprint density at radius 2 is 1.84 bits per heavy atom. The van der Waals surface area contributed by atoms with Crippen LogP contribution in [-0.4, -0.2) is 36.7 Å². The Hall–Kier alpha value is -4.20. The molecule has 0 radical (unpaired) electrons. The molecule has 3 aromatic rings. The molecule has 0 unspecified atom stereocenters. The highest BCUT2D eigenvalue weighted by Gasteiger charge is 2.10. The minimum absolute atomic E-state index is 0.167. The molecule has 8 nitrogen and oxygen atoms in total. The van der Waals surface area contributed by atoms with Gasteiger partial charge in [0.05, 0.1) is 13.3 Å². The fraction of sp³-hybridized carbons (Fsp3) is 0.130. The van der Waals surface area contributed by atoms with Gasteiger partial charge in [-0.2, -0.15) is 5.10 Å². The fourth-order valence-electron chi connectivity index (χ4n) is 2.66. The summed E-state index contributed by atoms with van der Waals surface area (Å²) in [7, 11) is 1.50. The van der Waals surface area contributed by atoms with Gasteiger partial charge in [0, 0.05) is 23.6 Å². The summed E-state index contributed by atoms with van der Waals surface area (Å²) in [5.41, 5.74) is 5.29. The van der Waals surface area contributed by atoms with Gasteiger partial charge in [0.25, 0.3) is 11.8 Å². The number of hydrogen-bond donors (Lipinski definition) is 2. The monoisotopic (exact) mass is 418 g/mol. The summed E-state index contributed by atoms with van der Waals surface area (Å²) in [4.78, 5) is 28.0. The van der Waals surface area contributed by atoms with Gasteiger partial charge in [-0.15, -0.1) is 0 Å². The third kappa shape index (κ3) is 6.14. The maximum absolute atomic E-state index is 12.2. The molecule has 0 spiro atoms. The van der Waals surface area contributed by atoms with Crippen LogP contribution in [0.25, 0.3) is 0 Å². The second-order valence-electron chi connectivity index (χ2n) is 6.50. The highest BCUT2D eigenvalue weighted by molar-refractivity contribution is 5.95. The zero-order chi connectivity index (χ0) is 22.1. The van der Waals surface area contributed by atoms with E-state index in [9.17, 15) is 9.59 Å². The molecule has 0 saturated heterocycles. The summed E-state index contributed by atoms with van der Waals surface area (Å²) in [5, 5.41) is 6.76. The molecule has 0 aliphatic heterocycles. The number of para-hydroxylation sites is 1. The van der Waals surface area contributed by atoms with Crippen LogP contribution in [0, 0.1) is 6.92 Å². The molecule has 8 heteroatoms. The lowest BCUT2D eigenvalue weighted by molar-refractivity contribution is -0.118. The number of amides is 2. The van der Waals surface area contributed by atoms with Crippen molar-refractivity contribution in [2.45, 2.75) is 6.92 Å². The van der Waals surface area contributed by atoms with Crippen LogP contribution in [0.1, 0.15) is 21.5 Å². The van der Waals surface area contributed by atoms with Crippen molar-refractivity contribution in [2.24, 2.45) is 5.10 Å². The predicted molar refractivity (Wildman–Crippen MR) is 118 cm³/mol. The zero-order valence-electron chi connectivity index (χ0n) is 17.2. The number of hydrogen-bond acceptors (Lipinski definition) is 6. The summed E-state index contributed by atoms with van der Waals surface area (Å²) >= 11 is 0. The van der Waals surface area contributed by atoms with E-state index >= 15 is 0 Å². The van der Waals surface area contributed by atoms with Crippen molar-refractivity contribution in [2.75, 3.05) is 19.0 Å². The second kappa shape index (κ2) is 10.5. The van der Waals surface area contributed by atoms with E-state index in [0.717, 1.165) is 11.3 Å². The van der Waals surface area contributed by atoms with Gasteiger partial charge in [0.1, 0.15) is 0 Å². The van der Waals surface area contributed by atoms with Gasteiger partial charge in [-0.3, -0.25) is 14.6 Å². The minimum atomic E-state index is -0.342. The largest absolute Gasteiger partial charge is 0.493 e. The SMILES string of the molecule is COc1cc(/C=N\NC(=O)c2ccncc2)ccc1OCC(=O)Nc1ccccc1C. The molecule has 0 fully saturated rings. The smallest absolute Gasteiger partial charge is 0.271 e. The molecule has 0 aliphatic carbocycles. The van der Waals surface area contributed by atoms with Gasteiger partial charge in [-0.05, 0) is 54.4 Å². The lowest BCUT2D eigenvalue weighted by Crippen LogP contribution is -2.20. The van der Waals surface area contributed by atoms with Crippen LogP contribution in [0.5, 0.6) is 11.5 Å². The number of ether oxygens (including phenoxy) is 2. The van der Waals surface area contributed by atoms with E-state index in [1.165, 1.54) is 25.7 Å². The highest BCUT2D eigenvalue weighted by atomic mass is 16.5. The Bertz CT molecular complexity index is 1080. The molecular formula is C23H22N4O4. The van der Waals surface area contributed by atoms with Gasteiger partial charge in [0.2, 0.25) is 0 Å². The van der Waals surface area contributed by atoms with E-state index in [0.29, 0.717) is 22.6 Å². The number of anilines is 1. The van der Waals surface area contributed by atoms with E-state index in [1.807, 2.05) is 31.2 Å². The van der Waals surface area contributed by atoms with E-state index in [2.05, 4.69) is 20.8 Å². The third-order valence-corrected chi connectivity index (χ3v) is 4.29. The average molecular weight is 418 g/mol. The summed E-state index contributed by atoms with van der Waals surface area (Å²) in [6.07, 6.45) is 4.54. The van der Waals surface area contributed by atoms with Crippen molar-refractivity contribution in [3.63, 3.8) is 0 Å². The van der Waals surface area contributed by atoms with Gasteiger partial charge < -0.3 is 14.8 Å². The lowest BCUT2D eigenvalue weighted by Gasteiger charge is -2.12. The number of nitrogens with zero attached hydrogens (tertiary/aromatic N) is 2. The number of rotatable bonds is 8. The number of carbonyl (C=O) groups is 2. The van der Waals surface area contributed by atoms with Crippen LogP contribution in [-0.2, 0) is 4.79 Å². The maximum atomic E-state index is 12.2. The van der Waals surface area contributed by atoms with Gasteiger partial charge in [0.15, 0.2) is 18.1 Å². The Labute approximate surface area is 179 Å². The molecule has 3 rings (SSSR count). The first-order chi connectivity index (χ1) is 15.1. The molecule has 2 aromatic carbocycles. The number of pyridine rings is 1. The van der Waals surface area contributed by atoms with Gasteiger partial charge in [-0.1, -0.05) is 18.2 Å². The number of methoxy groups -OCH3 is 1. The van der Waals surface area contributed by atoms with E-state index < -0.39 is 0 Å². The topological polar surface area (TPSA) is 102 Å². The molecule has 0 bridgehead atoms. The normalized spacial score (nSPS) is 10.5. The minimum Gasteiger partial charge on any atom is -0.493 e. The average Bonchev–Trinajstić information content (AvgIpc) is 2.80. The van der Waals surface area contributed by atoms with E-state index in [4.69, 9.17) is 9.47 Å². The van der Waals surface area contributed by atoms with Crippen molar-refractivity contribution in [1.82, 2.24) is 10.4 Å². The molecule has 158 valence electrons. The molecular weight excluding hydrogens is 396 g/mol. The Morgan fingerprint density at radius 1 is 1.06 bits per heavy atom. The van der Waals surface area contributed by atoms with Crippen molar-refractivity contribution >= 4 is 23.7 Å². The number of carbonyl (C=O) groups excluding carboxylic acids is 2. The van der Waals surface area contributed by atoms with Gasteiger partial charge >= 0.3 is 0 Å². The van der Waals surface area contributed by atoms with Crippen LogP contribution < -0.4 is 20.2 Å². The van der Waals surface area contributed by atoms with Crippen molar-refractivity contribution < 1.29 is 19.1 Å². The Kier molecular flexibility index (Phi) is 7.31. The van der Waals surface area contributed by atoms with Crippen LogP contribution in [0.2, 0.25) is 0 Å². The molecule has 0 saturated carbocycles. The number of nitrogens with one attached hydrogen (secondary N) is 2. The van der Waals surface area contributed by atoms with E-state index in [-0.39, 0.29) is 18.4 Å². The fourth-order valence-corrected chi connectivity index (χ4v) is 2.66. The first-order valence-corrected chi connectivity index (χ1v) is 9.46. The Balaban J connectivity index is 1.57. The standard InChI is InChI=1S/C23H22N4O4/c1-16-5-3-4-6-19(16)26-22(28)15-31-20-8-7-17(13-21(20)30-2)14-25-27-23(29)18-9-11-24-12-10-18/h3-14H,15H2,1-2H3,(H,26,28)(H,27,29)/b25-14-. The van der Waals surface area contributed by atoms with Gasteiger partial charge in [-0.25, -0.2) is 5.43 Å². The zero-order valence-corrected chi connectivity index (χ0v) is 17.2. The van der Waals surface area contributed by atoms with Crippen LogP contribution in [0.15, 0.2) is 72.1 Å². The maximum Gasteiger partial charge on any atom is 0.271 e. The van der Waals surface area contributed by atoms with Crippen LogP contribution in [0.3, 0.4) is 0 Å². The number of aromatic nitrogens is 1. The lowest BCUT2D eigenvalue weighted by atomic mass is 10.2. The molecule has 0 aliphatic rings. The summed E-state index contributed by atoms with van der Waals surface area (Å²) in [5.74, 6) is 0.236. The molecule has 1 aromatic heterocycles. The quantitative estimate of drug-likeness (QED) is 0.432. The third-order valence-electron chi connectivity index (χ3n) is 4.29. The molecule has 0 atom stereocenters. The number of aryl methyl sites for hydroxylation is 1. The van der Waals surface area contributed by atoms with Crippen LogP contribution in [0.4, 0.5) is 5.69 Å². The number of benzene rings is 2. The van der Waals surface area contributed by atoms with Crippen LogP contribution >= 0.6 is 0 Å². The predicted octanol–water partition coefficient (Wildman–Crippen LogP) is 3.18. The van der Waals surface area contributed by atoms with Crippen molar-refractivity contribution in [3.05, 3.63) is 83.7 Å². The number of hydrazone groups is 1. The summed E-state index contributed by atoms with van der Waals surface area (Å²) in [6, 6.07) is 15.8. The van der Waals surface area contributed by atoms with Crippen molar-refractivity contribution in [1.29, 1.82) is 0 Å². The molecule has 31 heavy (non-hydrogen) atoms. The summed E-state index contributed by atoms with van der Waals surface area (Å²) in [6.45, 7) is 1.75. The van der Waals surface area contributed by atoms with E-state index in [1.54, 1.807) is 30.3 Å². The highest BCUT2D eigenvalue weighted by Crippen LogP contribution is 2.27. The van der Waals surface area contributed by atoms with Crippen molar-refractivity contribution in [3.8, 4) is 11.5 Å². The molecule has 2 N–H and O–H groups in total. The Morgan fingerprint density at radius 3 is 2.58 bits per heavy atom. The summed E-state index contributed by atoms with van der Waals surface area (Å²) < 4.78 is 10.9. The molecule has 1 heterocycles. The second-order valence-corrected chi connectivity index (χ2v) is 6.50. The first kappa shape index (κ1) is 21.5. The first-order valence-electron chi connectivity index (χ1n) is 9.46. The molecule has 2 amide bonds.